The van der Waals surface area contributed by atoms with Crippen molar-refractivity contribution in [2.45, 2.75) is 38.6 Å². The van der Waals surface area contributed by atoms with Gasteiger partial charge in [0.15, 0.2) is 0 Å². The van der Waals surface area contributed by atoms with Gasteiger partial charge in [0.05, 0.1) is 12.5 Å². The molecule has 1 heterocycles. The summed E-state index contributed by atoms with van der Waals surface area (Å²) < 4.78 is 5.03. The summed E-state index contributed by atoms with van der Waals surface area (Å²) in [5.41, 5.74) is 0.315. The SMILES string of the molecule is CCOC(=O)C1CCC(NC(=O)c2cccc(Cl)n2)CC1. The summed E-state index contributed by atoms with van der Waals surface area (Å²) in [4.78, 5) is 27.7. The first-order valence-corrected chi connectivity index (χ1v) is 7.58. The highest BCUT2D eigenvalue weighted by atomic mass is 35.5. The first-order chi connectivity index (χ1) is 10.1. The smallest absolute Gasteiger partial charge is 0.308 e. The van der Waals surface area contributed by atoms with Gasteiger partial charge < -0.3 is 10.1 Å². The molecule has 1 saturated carbocycles. The second-order valence-corrected chi connectivity index (χ2v) is 5.51. The molecule has 1 fully saturated rings. The number of nitrogens with one attached hydrogen (secondary N) is 1. The predicted octanol–water partition coefficient (Wildman–Crippen LogP) is 2.59. The third-order valence-electron chi connectivity index (χ3n) is 3.63. The van der Waals surface area contributed by atoms with E-state index in [2.05, 4.69) is 10.3 Å². The molecule has 1 aromatic rings. The molecule has 1 N–H and O–H groups in total. The van der Waals surface area contributed by atoms with E-state index in [1.54, 1.807) is 18.2 Å². The lowest BCUT2D eigenvalue weighted by molar-refractivity contribution is -0.149. The molecule has 6 heteroatoms. The zero-order chi connectivity index (χ0) is 15.2. The van der Waals surface area contributed by atoms with Crippen LogP contribution in [0.1, 0.15) is 43.1 Å². The predicted molar refractivity (Wildman–Crippen MR) is 79.1 cm³/mol. The molecular formula is C15H19ClN2O3. The fourth-order valence-electron chi connectivity index (χ4n) is 2.53. The van der Waals surface area contributed by atoms with E-state index in [9.17, 15) is 9.59 Å². The van der Waals surface area contributed by atoms with Gasteiger partial charge in [-0.2, -0.15) is 0 Å². The molecule has 114 valence electrons. The van der Waals surface area contributed by atoms with E-state index in [0.717, 1.165) is 25.7 Å². The fourth-order valence-corrected chi connectivity index (χ4v) is 2.69. The van der Waals surface area contributed by atoms with Crippen LogP contribution in [-0.2, 0) is 9.53 Å². The molecule has 0 saturated heterocycles. The van der Waals surface area contributed by atoms with Crippen LogP contribution in [0, 0.1) is 5.92 Å². The van der Waals surface area contributed by atoms with Crippen LogP contribution in [0.25, 0.3) is 0 Å². The number of esters is 1. The molecule has 0 radical (unpaired) electrons. The Morgan fingerprint density at radius 1 is 1.33 bits per heavy atom. The monoisotopic (exact) mass is 310 g/mol. The molecule has 1 aromatic heterocycles. The van der Waals surface area contributed by atoms with Gasteiger partial charge in [0.25, 0.3) is 5.91 Å². The van der Waals surface area contributed by atoms with Crippen LogP contribution in [0.3, 0.4) is 0 Å². The number of pyridine rings is 1. The maximum atomic E-state index is 12.1. The third kappa shape index (κ3) is 4.43. The molecule has 0 aliphatic heterocycles. The van der Waals surface area contributed by atoms with Gasteiger partial charge in [0.1, 0.15) is 10.8 Å². The van der Waals surface area contributed by atoms with Gasteiger partial charge in [-0.1, -0.05) is 17.7 Å². The molecule has 5 nitrogen and oxygen atoms in total. The Morgan fingerprint density at radius 2 is 2.05 bits per heavy atom. The van der Waals surface area contributed by atoms with Gasteiger partial charge in [-0.25, -0.2) is 4.98 Å². The second-order valence-electron chi connectivity index (χ2n) is 5.12. The first-order valence-electron chi connectivity index (χ1n) is 7.20. The van der Waals surface area contributed by atoms with Crippen molar-refractivity contribution in [2.24, 2.45) is 5.92 Å². The maximum Gasteiger partial charge on any atom is 0.308 e. The molecule has 1 aliphatic rings. The van der Waals surface area contributed by atoms with E-state index in [-0.39, 0.29) is 23.8 Å². The number of rotatable bonds is 4. The van der Waals surface area contributed by atoms with E-state index >= 15 is 0 Å². The Bertz CT molecular complexity index is 513. The molecule has 0 spiro atoms. The standard InChI is InChI=1S/C15H19ClN2O3/c1-2-21-15(20)10-6-8-11(9-7-10)17-14(19)12-4-3-5-13(16)18-12/h3-5,10-11H,2,6-9H2,1H3,(H,17,19). The van der Waals surface area contributed by atoms with Gasteiger partial charge in [-0.05, 0) is 44.7 Å². The van der Waals surface area contributed by atoms with E-state index < -0.39 is 0 Å². The Morgan fingerprint density at radius 3 is 2.67 bits per heavy atom. The van der Waals surface area contributed by atoms with Crippen LogP contribution >= 0.6 is 11.6 Å². The number of nitrogens with zero attached hydrogens (tertiary/aromatic N) is 1. The third-order valence-corrected chi connectivity index (χ3v) is 3.84. The topological polar surface area (TPSA) is 68.3 Å². The van der Waals surface area contributed by atoms with Crippen molar-refractivity contribution in [2.75, 3.05) is 6.61 Å². The van der Waals surface area contributed by atoms with Crippen molar-refractivity contribution in [1.29, 1.82) is 0 Å². The molecule has 0 atom stereocenters. The second kappa shape index (κ2) is 7.41. The Balaban J connectivity index is 1.83. The summed E-state index contributed by atoms with van der Waals surface area (Å²) in [6, 6.07) is 5.03. The summed E-state index contributed by atoms with van der Waals surface area (Å²) in [5, 5.41) is 3.24. The average molecular weight is 311 g/mol. The lowest BCUT2D eigenvalue weighted by Gasteiger charge is -2.27. The number of halogens is 1. The van der Waals surface area contributed by atoms with Crippen LogP contribution in [0.15, 0.2) is 18.2 Å². The quantitative estimate of drug-likeness (QED) is 0.685. The minimum absolute atomic E-state index is 0.0394. The van der Waals surface area contributed by atoms with Crippen molar-refractivity contribution in [3.63, 3.8) is 0 Å². The minimum atomic E-state index is -0.225. The van der Waals surface area contributed by atoms with Gasteiger partial charge in [0, 0.05) is 6.04 Å². The van der Waals surface area contributed by atoms with Gasteiger partial charge in [-0.15, -0.1) is 0 Å². The van der Waals surface area contributed by atoms with Crippen LogP contribution in [0.2, 0.25) is 5.15 Å². The zero-order valence-electron chi connectivity index (χ0n) is 12.0. The van der Waals surface area contributed by atoms with Crippen molar-refractivity contribution < 1.29 is 14.3 Å². The summed E-state index contributed by atoms with van der Waals surface area (Å²) in [6.07, 6.45) is 3.03. The minimum Gasteiger partial charge on any atom is -0.466 e. The molecule has 1 amide bonds. The van der Waals surface area contributed by atoms with Crippen LogP contribution in [0.4, 0.5) is 0 Å². The van der Waals surface area contributed by atoms with Crippen molar-refractivity contribution >= 4 is 23.5 Å². The number of hydrogen-bond acceptors (Lipinski definition) is 4. The zero-order valence-corrected chi connectivity index (χ0v) is 12.7. The number of aromatic nitrogens is 1. The van der Waals surface area contributed by atoms with E-state index in [1.165, 1.54) is 0 Å². The van der Waals surface area contributed by atoms with Crippen LogP contribution < -0.4 is 5.32 Å². The first kappa shape index (κ1) is 15.8. The average Bonchev–Trinajstić information content (AvgIpc) is 2.48. The maximum absolute atomic E-state index is 12.1. The normalized spacial score (nSPS) is 21.6. The summed E-state index contributed by atoms with van der Waals surface area (Å²) in [7, 11) is 0. The van der Waals surface area contributed by atoms with E-state index in [1.807, 2.05) is 6.92 Å². The van der Waals surface area contributed by atoms with Crippen molar-refractivity contribution in [3.05, 3.63) is 29.0 Å². The van der Waals surface area contributed by atoms with Crippen molar-refractivity contribution in [1.82, 2.24) is 10.3 Å². The Labute approximate surface area is 129 Å². The fraction of sp³-hybridized carbons (Fsp3) is 0.533. The van der Waals surface area contributed by atoms with Crippen molar-refractivity contribution in [3.8, 4) is 0 Å². The molecule has 0 aromatic carbocycles. The molecule has 1 aliphatic carbocycles. The highest BCUT2D eigenvalue weighted by Crippen LogP contribution is 2.25. The summed E-state index contributed by atoms with van der Waals surface area (Å²) in [6.45, 7) is 2.22. The Hall–Kier alpha value is -1.62. The molecule has 0 unspecified atom stereocenters. The number of hydrogen-bond donors (Lipinski definition) is 1. The van der Waals surface area contributed by atoms with E-state index in [4.69, 9.17) is 16.3 Å². The van der Waals surface area contributed by atoms with E-state index in [0.29, 0.717) is 17.5 Å². The van der Waals surface area contributed by atoms with Gasteiger partial charge >= 0.3 is 5.97 Å². The molecule has 21 heavy (non-hydrogen) atoms. The number of ether oxygens (including phenoxy) is 1. The highest BCUT2D eigenvalue weighted by Gasteiger charge is 2.28. The Kier molecular flexibility index (Phi) is 5.56. The number of carbonyl (C=O) groups is 2. The van der Waals surface area contributed by atoms with Gasteiger partial charge in [0.2, 0.25) is 0 Å². The van der Waals surface area contributed by atoms with Crippen LogP contribution in [-0.4, -0.2) is 29.5 Å². The summed E-state index contributed by atoms with van der Waals surface area (Å²) in [5.74, 6) is -0.390. The summed E-state index contributed by atoms with van der Waals surface area (Å²) >= 11 is 5.77. The van der Waals surface area contributed by atoms with Crippen LogP contribution in [0.5, 0.6) is 0 Å². The lowest BCUT2D eigenvalue weighted by atomic mass is 9.86. The highest BCUT2D eigenvalue weighted by molar-refractivity contribution is 6.29. The van der Waals surface area contributed by atoms with Gasteiger partial charge in [-0.3, -0.25) is 9.59 Å². The largest absolute Gasteiger partial charge is 0.466 e. The number of carbonyl (C=O) groups excluding carboxylic acids is 2. The lowest BCUT2D eigenvalue weighted by Crippen LogP contribution is -2.39. The molecular weight excluding hydrogens is 292 g/mol. The number of amides is 1. The molecule has 2 rings (SSSR count). The molecule has 0 bridgehead atoms.